The second-order valence-electron chi connectivity index (χ2n) is 13.0. The van der Waals surface area contributed by atoms with E-state index in [1.807, 2.05) is 23.1 Å². The Balaban J connectivity index is 1.08. The number of hydrogen-bond donors (Lipinski definition) is 1. The normalized spacial score (nSPS) is 13.8. The number of nitrogens with zero attached hydrogens (tertiary/aromatic N) is 1. The van der Waals surface area contributed by atoms with Gasteiger partial charge in [0.2, 0.25) is 0 Å². The lowest BCUT2D eigenvalue weighted by atomic mass is 9.97. The smallest absolute Gasteiger partial charge is 0.103 e. The minimum atomic E-state index is 0.238. The molecule has 2 heterocycles. The van der Waals surface area contributed by atoms with Crippen LogP contribution in [0.5, 0.6) is 0 Å². The Morgan fingerprint density at radius 3 is 1.98 bits per heavy atom. The Labute approximate surface area is 305 Å². The third-order valence-corrected chi connectivity index (χ3v) is 12.2. The third kappa shape index (κ3) is 5.45. The summed E-state index contributed by atoms with van der Waals surface area (Å²) in [4.78, 5) is 3.71. The summed E-state index contributed by atoms with van der Waals surface area (Å²) in [7, 11) is 0. The first kappa shape index (κ1) is 30.1. The van der Waals surface area contributed by atoms with Crippen molar-refractivity contribution >= 4 is 76.8 Å². The van der Waals surface area contributed by atoms with Gasteiger partial charge < -0.3 is 10.2 Å². The predicted octanol–water partition coefficient (Wildman–Crippen LogP) is 14.2. The number of benzene rings is 8. The second kappa shape index (κ2) is 12.5. The first-order valence-electron chi connectivity index (χ1n) is 17.3. The van der Waals surface area contributed by atoms with Crippen LogP contribution in [0.15, 0.2) is 187 Å². The maximum absolute atomic E-state index is 3.77. The van der Waals surface area contributed by atoms with Gasteiger partial charge in [0.25, 0.3) is 0 Å². The molecular formula is C47H32N2S2. The van der Waals surface area contributed by atoms with Crippen molar-refractivity contribution in [2.75, 3.05) is 10.2 Å². The van der Waals surface area contributed by atoms with Gasteiger partial charge in [-0.05, 0) is 87.1 Å². The number of thioether (sulfide) groups is 1. The minimum Gasteiger partial charge on any atom is -0.368 e. The van der Waals surface area contributed by atoms with Crippen molar-refractivity contribution in [2.24, 2.45) is 0 Å². The molecule has 0 aliphatic carbocycles. The average Bonchev–Trinajstić information content (AvgIpc) is 3.78. The fourth-order valence-electron chi connectivity index (χ4n) is 7.39. The van der Waals surface area contributed by atoms with Crippen molar-refractivity contribution in [1.82, 2.24) is 0 Å². The molecule has 1 aliphatic heterocycles. The maximum atomic E-state index is 3.77. The van der Waals surface area contributed by atoms with Gasteiger partial charge in [-0.2, -0.15) is 0 Å². The Bertz CT molecular complexity index is 2690. The van der Waals surface area contributed by atoms with Gasteiger partial charge in [-0.25, -0.2) is 0 Å². The van der Waals surface area contributed by atoms with Crippen LogP contribution >= 0.6 is 23.1 Å². The van der Waals surface area contributed by atoms with Crippen molar-refractivity contribution in [1.29, 1.82) is 0 Å². The fourth-order valence-corrected chi connectivity index (χ4v) is 9.71. The van der Waals surface area contributed by atoms with Crippen molar-refractivity contribution in [3.05, 3.63) is 188 Å². The van der Waals surface area contributed by atoms with Crippen LogP contribution in [0.4, 0.5) is 22.7 Å². The molecule has 1 N–H and O–H groups in total. The number of anilines is 4. The van der Waals surface area contributed by atoms with E-state index < -0.39 is 0 Å². The van der Waals surface area contributed by atoms with Gasteiger partial charge in [-0.3, -0.25) is 0 Å². The van der Waals surface area contributed by atoms with Crippen LogP contribution in [-0.4, -0.2) is 0 Å². The minimum absolute atomic E-state index is 0.238. The molecule has 8 aromatic carbocycles. The van der Waals surface area contributed by atoms with Gasteiger partial charge in [-0.1, -0.05) is 145 Å². The number of fused-ring (bicyclic) bond motifs is 5. The molecule has 0 spiro atoms. The zero-order chi connectivity index (χ0) is 33.7. The quantitative estimate of drug-likeness (QED) is 0.187. The Morgan fingerprint density at radius 2 is 1.12 bits per heavy atom. The van der Waals surface area contributed by atoms with E-state index in [0.29, 0.717) is 0 Å². The van der Waals surface area contributed by atoms with E-state index in [2.05, 4.69) is 192 Å². The molecule has 0 saturated carbocycles. The van der Waals surface area contributed by atoms with Crippen LogP contribution < -0.4 is 10.2 Å². The van der Waals surface area contributed by atoms with E-state index in [1.165, 1.54) is 69.3 Å². The van der Waals surface area contributed by atoms with Gasteiger partial charge in [-0.15, -0.1) is 11.3 Å². The Hall–Kier alpha value is -5.81. The molecule has 242 valence electrons. The van der Waals surface area contributed by atoms with E-state index >= 15 is 0 Å². The highest BCUT2D eigenvalue weighted by Gasteiger charge is 2.24. The number of hydrogen-bond acceptors (Lipinski definition) is 4. The lowest BCUT2D eigenvalue weighted by Gasteiger charge is -2.26. The highest BCUT2D eigenvalue weighted by molar-refractivity contribution is 8.00. The summed E-state index contributed by atoms with van der Waals surface area (Å²) < 4.78 is 2.59. The van der Waals surface area contributed by atoms with Gasteiger partial charge in [0.15, 0.2) is 0 Å². The second-order valence-corrected chi connectivity index (χ2v) is 15.2. The van der Waals surface area contributed by atoms with Crippen molar-refractivity contribution in [3.63, 3.8) is 0 Å². The summed E-state index contributed by atoms with van der Waals surface area (Å²) in [5, 5.41) is 9.14. The average molecular weight is 689 g/mol. The molecule has 1 atom stereocenters. The van der Waals surface area contributed by atoms with E-state index in [9.17, 15) is 0 Å². The van der Waals surface area contributed by atoms with Crippen molar-refractivity contribution in [3.8, 4) is 22.3 Å². The number of nitrogens with one attached hydrogen (secondary N) is 1. The number of thiophene rings is 1. The lowest BCUT2D eigenvalue weighted by molar-refractivity contribution is 1.14. The van der Waals surface area contributed by atoms with Gasteiger partial charge >= 0.3 is 0 Å². The Morgan fingerprint density at radius 1 is 0.451 bits per heavy atom. The molecule has 0 amide bonds. The van der Waals surface area contributed by atoms with Crippen LogP contribution in [0.1, 0.15) is 10.9 Å². The topological polar surface area (TPSA) is 15.3 Å². The first-order chi connectivity index (χ1) is 25.2. The number of rotatable bonds is 6. The molecule has 1 unspecified atom stereocenters. The molecule has 0 saturated heterocycles. The summed E-state index contributed by atoms with van der Waals surface area (Å²) in [5.74, 6) is 0. The summed E-state index contributed by atoms with van der Waals surface area (Å²) in [6.45, 7) is 0. The molecule has 9 aromatic rings. The Kier molecular flexibility index (Phi) is 7.37. The highest BCUT2D eigenvalue weighted by Crippen LogP contribution is 2.50. The molecule has 0 bridgehead atoms. The van der Waals surface area contributed by atoms with Gasteiger partial charge in [0.05, 0.1) is 5.69 Å². The molecule has 0 fully saturated rings. The van der Waals surface area contributed by atoms with E-state index in [-0.39, 0.29) is 5.37 Å². The molecule has 0 radical (unpaired) electrons. The predicted molar refractivity (Wildman–Crippen MR) is 221 cm³/mol. The largest absolute Gasteiger partial charge is 0.368 e. The van der Waals surface area contributed by atoms with E-state index in [4.69, 9.17) is 0 Å². The van der Waals surface area contributed by atoms with Crippen molar-refractivity contribution < 1.29 is 0 Å². The molecule has 10 rings (SSSR count). The van der Waals surface area contributed by atoms with Crippen LogP contribution in [0.25, 0.3) is 53.2 Å². The molecule has 1 aliphatic rings. The van der Waals surface area contributed by atoms with Crippen LogP contribution in [0.2, 0.25) is 0 Å². The zero-order valence-electron chi connectivity index (χ0n) is 27.7. The standard InChI is InChI=1S/C47H32N2S2/c1-3-11-31(12-4-1)32-21-23-36(24-22-32)49(37-18-9-17-35(27-37)40-20-10-16-33-13-7-8-19-39(33)40)38-25-26-41-42-29-46-43(30-45(42)50-44(41)28-38)48-47(51-46)34-14-5-2-6-15-34/h1-30,47-48H. The summed E-state index contributed by atoms with van der Waals surface area (Å²) in [5.41, 5.74) is 10.8. The highest BCUT2D eigenvalue weighted by atomic mass is 32.2. The van der Waals surface area contributed by atoms with Gasteiger partial charge in [0.1, 0.15) is 5.37 Å². The summed E-state index contributed by atoms with van der Waals surface area (Å²) >= 11 is 3.78. The van der Waals surface area contributed by atoms with Gasteiger partial charge in [0, 0.05) is 42.1 Å². The first-order valence-corrected chi connectivity index (χ1v) is 19.0. The summed E-state index contributed by atoms with van der Waals surface area (Å²) in [6, 6.07) is 66.2. The SMILES string of the molecule is c1ccc(-c2ccc(N(c3cccc(-c4cccc5ccccc45)c3)c3ccc4c(c3)sc3cc5c(cc34)SC(c3ccccc3)N5)cc2)cc1. The lowest BCUT2D eigenvalue weighted by Crippen LogP contribution is -2.10. The molecule has 1 aromatic heterocycles. The van der Waals surface area contributed by atoms with Crippen LogP contribution in [-0.2, 0) is 0 Å². The fraction of sp³-hybridized carbons (Fsp3) is 0.0213. The maximum Gasteiger partial charge on any atom is 0.103 e. The van der Waals surface area contributed by atoms with Crippen LogP contribution in [0.3, 0.4) is 0 Å². The molecular weight excluding hydrogens is 657 g/mol. The molecule has 4 heteroatoms. The molecule has 51 heavy (non-hydrogen) atoms. The monoisotopic (exact) mass is 688 g/mol. The van der Waals surface area contributed by atoms with E-state index in [1.54, 1.807) is 0 Å². The van der Waals surface area contributed by atoms with E-state index in [0.717, 1.165) is 17.1 Å². The van der Waals surface area contributed by atoms with Crippen LogP contribution in [0, 0.1) is 0 Å². The summed E-state index contributed by atoms with van der Waals surface area (Å²) in [6.07, 6.45) is 0. The third-order valence-electron chi connectivity index (χ3n) is 9.89. The van der Waals surface area contributed by atoms with Crippen molar-refractivity contribution in [2.45, 2.75) is 10.3 Å². The molecule has 2 nitrogen and oxygen atoms in total. The zero-order valence-corrected chi connectivity index (χ0v) is 29.3.